The highest BCUT2D eigenvalue weighted by Gasteiger charge is 1.53. The van der Waals surface area contributed by atoms with Gasteiger partial charge in [-0.2, -0.15) is 0 Å². The highest BCUT2D eigenvalue weighted by Crippen LogP contribution is 1.56. The summed E-state index contributed by atoms with van der Waals surface area (Å²) in [5.74, 6) is 0. The molecule has 0 spiro atoms. The van der Waals surface area contributed by atoms with E-state index in [4.69, 9.17) is 9.26 Å². The second-order valence-corrected chi connectivity index (χ2v) is 0.984. The van der Waals surface area contributed by atoms with E-state index in [1.165, 1.54) is 0 Å². The van der Waals surface area contributed by atoms with E-state index in [0.29, 0.717) is 6.44 Å². The summed E-state index contributed by atoms with van der Waals surface area (Å²) in [7, 11) is 4.90. The molecule has 4 heavy (non-hydrogen) atoms. The van der Waals surface area contributed by atoms with Crippen molar-refractivity contribution in [2.24, 2.45) is 0 Å². The summed E-state index contributed by atoms with van der Waals surface area (Å²) in [6.07, 6.45) is 0.292. The third kappa shape index (κ3) is 2.75. The van der Waals surface area contributed by atoms with Crippen LogP contribution in [0.2, 0.25) is 1.41 Å². The summed E-state index contributed by atoms with van der Waals surface area (Å²) < 4.78 is 7.64. The zero-order valence-corrected chi connectivity index (χ0v) is 4.27. The summed E-state index contributed by atoms with van der Waals surface area (Å²) in [6.45, 7) is 0. The van der Waals surface area contributed by atoms with Gasteiger partial charge in [0.2, 0.25) is 0 Å². The Labute approximate surface area is 42.5 Å². The number of hydrogen-bond donors (Lipinski definition) is 1. The molecule has 1 N–H and O–H groups in total. The third-order valence-corrected chi connectivity index (χ3v) is 0.463. The molecule has 0 bridgehead atoms. The van der Waals surface area contributed by atoms with Crippen LogP contribution in [0.3, 0.4) is 0 Å². The molecule has 0 aliphatic heterocycles. The van der Waals surface area contributed by atoms with Gasteiger partial charge in [-0.05, 0) is 6.44 Å². The van der Waals surface area contributed by atoms with Gasteiger partial charge in [0.1, 0.15) is 1.41 Å². The zero-order valence-electron chi connectivity index (χ0n) is 3.11. The van der Waals surface area contributed by atoms with Crippen LogP contribution in [-0.4, -0.2) is 14.3 Å². The van der Waals surface area contributed by atoms with Gasteiger partial charge < -0.3 is 0 Å². The van der Waals surface area contributed by atoms with Gasteiger partial charge in [-0.3, -0.25) is 3.52 Å². The monoisotopic (exact) mass is 169 g/mol. The lowest BCUT2D eigenvalue weighted by Gasteiger charge is -1.72. The van der Waals surface area contributed by atoms with Crippen molar-refractivity contribution in [1.82, 2.24) is 3.52 Å². The van der Waals surface area contributed by atoms with E-state index in [1.54, 1.807) is 22.9 Å². The van der Waals surface area contributed by atoms with Gasteiger partial charge >= 0.3 is 0 Å². The van der Waals surface area contributed by atoms with Crippen LogP contribution in [0.15, 0.2) is 0 Å². The second-order valence-electron chi connectivity index (χ2n) is 0.302. The third-order valence-electron chi connectivity index (χ3n) is 0.0690. The Kier molecular flexibility index (Phi) is 2.78. The van der Waals surface area contributed by atoms with Gasteiger partial charge in [0, 0.05) is 22.9 Å². The van der Waals surface area contributed by atoms with Crippen molar-refractivity contribution in [3.63, 3.8) is 0 Å². The normalized spacial score (nSPS) is 12.0. The molecule has 0 saturated carbocycles. The topological polar surface area (TPSA) is 12.0 Å². The maximum atomic E-state index is 6.52. The fourth-order valence-corrected chi connectivity index (χ4v) is 0. The minimum absolute atomic E-state index is 0.292. The van der Waals surface area contributed by atoms with Crippen molar-refractivity contribution < 1.29 is 1.41 Å². The molecule has 2 radical (unpaired) electrons. The van der Waals surface area contributed by atoms with E-state index >= 15 is 0 Å². The Hall–Kier alpha value is 0.755. The van der Waals surface area contributed by atoms with Crippen molar-refractivity contribution in [2.45, 2.75) is 0 Å². The molecule has 0 aliphatic carbocycles. The van der Waals surface area contributed by atoms with E-state index in [1.807, 2.05) is 0 Å². The van der Waals surface area contributed by atoms with Gasteiger partial charge in [0.05, 0.1) is 7.85 Å². The van der Waals surface area contributed by atoms with E-state index in [9.17, 15) is 0 Å². The molecule has 0 saturated heterocycles. The standard InChI is InChI=1S/CH3BIN/c2-1-4-3/h4H,1H2/i/hT. The Morgan fingerprint density at radius 3 is 2.75 bits per heavy atom. The summed E-state index contributed by atoms with van der Waals surface area (Å²) in [4.78, 5) is 0. The van der Waals surface area contributed by atoms with Crippen LogP contribution in [0, 0.1) is 0 Å². The molecular weight excluding hydrogens is 164 g/mol. The Morgan fingerprint density at radius 2 is 2.75 bits per heavy atom. The Morgan fingerprint density at radius 1 is 2.50 bits per heavy atom. The van der Waals surface area contributed by atoms with Crippen LogP contribution in [0.5, 0.6) is 0 Å². The van der Waals surface area contributed by atoms with Gasteiger partial charge in [-0.25, -0.2) is 0 Å². The maximum absolute atomic E-state index is 6.52. The van der Waals surface area contributed by atoms with Crippen LogP contribution < -0.4 is 3.52 Å². The summed E-state index contributed by atoms with van der Waals surface area (Å²) in [5, 5.41) is 0. The van der Waals surface area contributed by atoms with Gasteiger partial charge in [0.25, 0.3) is 0 Å². The zero-order chi connectivity index (χ0) is 4.28. The Balaban J connectivity index is 2.54. The first-order valence-corrected chi connectivity index (χ1v) is 1.86. The predicted octanol–water partition coefficient (Wildman–Crippen LogP) is 0.0520. The average Bonchev–Trinajstić information content (AvgIpc) is 1.38. The minimum atomic E-state index is 0.292. The molecule has 0 aliphatic rings. The van der Waals surface area contributed by atoms with Gasteiger partial charge in [0.15, 0.2) is 0 Å². The van der Waals surface area contributed by atoms with Crippen molar-refractivity contribution in [3.05, 3.63) is 0 Å². The fraction of sp³-hybridized carbons (Fsp3) is 1.00. The van der Waals surface area contributed by atoms with Crippen molar-refractivity contribution >= 4 is 30.7 Å². The van der Waals surface area contributed by atoms with Crippen LogP contribution >= 0.6 is 22.9 Å². The molecule has 1 nitrogen and oxygen atoms in total. The predicted molar refractivity (Wildman–Crippen MR) is 27.8 cm³/mol. The first kappa shape index (κ1) is 2.97. The summed E-state index contributed by atoms with van der Waals surface area (Å²) >= 11 is 1.78. The van der Waals surface area contributed by atoms with Crippen molar-refractivity contribution in [3.8, 4) is 0 Å². The molecule has 3 heteroatoms. The molecule has 0 fully saturated rings. The summed E-state index contributed by atoms with van der Waals surface area (Å²) in [6, 6.07) is 0. The number of rotatable bonds is 1. The fourth-order valence-electron chi connectivity index (χ4n) is 0. The maximum Gasteiger partial charge on any atom is 0.133 e. The lowest BCUT2D eigenvalue weighted by atomic mass is 10.2. The SMILES string of the molecule is [3H]N(I)C[B]. The molecule has 0 aromatic heterocycles. The highest BCUT2D eigenvalue weighted by molar-refractivity contribution is 14.1. The van der Waals surface area contributed by atoms with Crippen molar-refractivity contribution in [1.29, 1.82) is 0 Å². The lowest BCUT2D eigenvalue weighted by Crippen LogP contribution is -1.96. The molecule has 0 atom stereocenters. The first-order chi connectivity index (χ1) is 2.27. The van der Waals surface area contributed by atoms with Gasteiger partial charge in [-0.15, -0.1) is 0 Å². The van der Waals surface area contributed by atoms with Crippen LogP contribution in [0.4, 0.5) is 0 Å². The molecule has 0 amide bonds. The molecule has 0 heterocycles. The van der Waals surface area contributed by atoms with E-state index in [2.05, 4.69) is 0 Å². The van der Waals surface area contributed by atoms with Crippen LogP contribution in [0.25, 0.3) is 0 Å². The molecule has 0 unspecified atom stereocenters. The number of halogens is 1. The second kappa shape index (κ2) is 3.75. The van der Waals surface area contributed by atoms with E-state index in [0.717, 1.165) is 3.52 Å². The molecule has 0 aromatic rings. The van der Waals surface area contributed by atoms with Crippen molar-refractivity contribution in [2.75, 3.05) is 6.44 Å². The quantitative estimate of drug-likeness (QED) is 0.332. The van der Waals surface area contributed by atoms with Crippen LogP contribution in [-0.2, 0) is 0 Å². The average molecular weight is 169 g/mol. The molecule has 0 aromatic carbocycles. The number of hydrogen-bond acceptors (Lipinski definition) is 1. The summed E-state index contributed by atoms with van der Waals surface area (Å²) in [5.41, 5.74) is 0. The Bertz CT molecular complexity index is 25.6. The molecular formula is CH3BIN. The first-order valence-electron chi connectivity index (χ1n) is 1.34. The molecule has 22 valence electrons. The smallest absolute Gasteiger partial charge is 0.133 e. The largest absolute Gasteiger partial charge is 0.270 e. The van der Waals surface area contributed by atoms with Crippen LogP contribution in [0.1, 0.15) is 0 Å². The number of nitrogens with one attached hydrogen (secondary N) is 1. The molecule has 0 rings (SSSR count). The van der Waals surface area contributed by atoms with E-state index < -0.39 is 0 Å². The van der Waals surface area contributed by atoms with E-state index in [-0.39, 0.29) is 0 Å². The minimum Gasteiger partial charge on any atom is -0.270 e. The highest BCUT2D eigenvalue weighted by atomic mass is 127. The lowest BCUT2D eigenvalue weighted by molar-refractivity contribution is 1.29. The van der Waals surface area contributed by atoms with Gasteiger partial charge in [-0.1, -0.05) is 0 Å².